The number of carboxylic acids is 1. The third-order valence-corrected chi connectivity index (χ3v) is 3.47. The first kappa shape index (κ1) is 16.7. The molecule has 0 bridgehead atoms. The zero-order valence-corrected chi connectivity index (χ0v) is 13.1. The van der Waals surface area contributed by atoms with Crippen molar-refractivity contribution in [3.8, 4) is 0 Å². The van der Waals surface area contributed by atoms with E-state index in [4.69, 9.17) is 5.11 Å². The van der Waals surface area contributed by atoms with Gasteiger partial charge in [0.2, 0.25) is 0 Å². The van der Waals surface area contributed by atoms with Gasteiger partial charge in [0.25, 0.3) is 0 Å². The van der Waals surface area contributed by atoms with E-state index in [-0.39, 0.29) is 5.92 Å². The van der Waals surface area contributed by atoms with Crippen molar-refractivity contribution >= 4 is 5.97 Å². The Balaban J connectivity index is 2.59. The fraction of sp³-hybridized carbons (Fsp3) is 0.588. The smallest absolute Gasteiger partial charge is 0.307 e. The first-order valence-electron chi connectivity index (χ1n) is 7.45. The fourth-order valence-electron chi connectivity index (χ4n) is 2.28. The molecule has 3 nitrogen and oxygen atoms in total. The van der Waals surface area contributed by atoms with Gasteiger partial charge in [-0.3, -0.25) is 9.69 Å². The lowest BCUT2D eigenvalue weighted by molar-refractivity contribution is -0.141. The Morgan fingerprint density at radius 1 is 1.15 bits per heavy atom. The van der Waals surface area contributed by atoms with E-state index in [9.17, 15) is 4.79 Å². The number of benzene rings is 1. The molecule has 1 atom stereocenters. The van der Waals surface area contributed by atoms with Crippen LogP contribution in [-0.4, -0.2) is 29.1 Å². The zero-order chi connectivity index (χ0) is 15.1. The fourth-order valence-corrected chi connectivity index (χ4v) is 2.28. The van der Waals surface area contributed by atoms with E-state index in [1.807, 2.05) is 0 Å². The second-order valence-corrected chi connectivity index (χ2v) is 5.98. The summed E-state index contributed by atoms with van der Waals surface area (Å²) in [7, 11) is 0. The van der Waals surface area contributed by atoms with Crippen LogP contribution in [-0.2, 0) is 17.8 Å². The molecule has 112 valence electrons. The first-order valence-corrected chi connectivity index (χ1v) is 7.45. The summed E-state index contributed by atoms with van der Waals surface area (Å²) in [6.07, 6.45) is 1.10. The van der Waals surface area contributed by atoms with E-state index in [1.54, 1.807) is 6.92 Å². The zero-order valence-electron chi connectivity index (χ0n) is 13.1. The number of hydrogen-bond donors (Lipinski definition) is 1. The molecule has 1 aromatic rings. The predicted molar refractivity (Wildman–Crippen MR) is 82.7 cm³/mol. The second kappa shape index (κ2) is 8.05. The van der Waals surface area contributed by atoms with Crippen LogP contribution in [0.25, 0.3) is 0 Å². The highest BCUT2D eigenvalue weighted by Gasteiger charge is 2.15. The van der Waals surface area contributed by atoms with Crippen molar-refractivity contribution in [2.24, 2.45) is 11.8 Å². The molecule has 0 amide bonds. The minimum absolute atomic E-state index is 0.324. The molecule has 0 fully saturated rings. The van der Waals surface area contributed by atoms with Crippen LogP contribution < -0.4 is 0 Å². The lowest BCUT2D eigenvalue weighted by atomic mass is 10.0. The van der Waals surface area contributed by atoms with E-state index in [0.717, 1.165) is 19.5 Å². The van der Waals surface area contributed by atoms with Gasteiger partial charge in [-0.25, -0.2) is 0 Å². The van der Waals surface area contributed by atoms with Crippen LogP contribution >= 0.6 is 0 Å². The minimum Gasteiger partial charge on any atom is -0.481 e. The molecule has 1 N–H and O–H groups in total. The number of rotatable bonds is 8. The number of carbonyl (C=O) groups is 1. The van der Waals surface area contributed by atoms with Gasteiger partial charge in [-0.05, 0) is 30.0 Å². The second-order valence-electron chi connectivity index (χ2n) is 5.98. The molecule has 0 saturated heterocycles. The lowest BCUT2D eigenvalue weighted by Gasteiger charge is -2.22. The maximum atomic E-state index is 10.9. The third kappa shape index (κ3) is 5.74. The number of nitrogens with zero attached hydrogens (tertiary/aromatic N) is 1. The molecular weight excluding hydrogens is 250 g/mol. The van der Waals surface area contributed by atoms with Gasteiger partial charge in [-0.15, -0.1) is 0 Å². The number of aliphatic carboxylic acids is 1. The molecule has 20 heavy (non-hydrogen) atoms. The van der Waals surface area contributed by atoms with Gasteiger partial charge in [0, 0.05) is 13.1 Å². The number of carboxylic acid groups (broad SMARTS) is 1. The Labute approximate surface area is 122 Å². The van der Waals surface area contributed by atoms with E-state index < -0.39 is 5.97 Å². The molecule has 0 aromatic heterocycles. The average molecular weight is 277 g/mol. The highest BCUT2D eigenvalue weighted by Crippen LogP contribution is 2.12. The summed E-state index contributed by atoms with van der Waals surface area (Å²) in [5.74, 6) is -0.379. The average Bonchev–Trinajstić information content (AvgIpc) is 2.39. The Kier molecular flexibility index (Phi) is 6.73. The van der Waals surface area contributed by atoms with Crippen molar-refractivity contribution in [2.45, 2.75) is 40.7 Å². The minimum atomic E-state index is -0.726. The molecule has 0 spiro atoms. The van der Waals surface area contributed by atoms with Crippen molar-refractivity contribution in [1.82, 2.24) is 4.90 Å². The van der Waals surface area contributed by atoms with Crippen molar-refractivity contribution < 1.29 is 9.90 Å². The summed E-state index contributed by atoms with van der Waals surface area (Å²) in [5.41, 5.74) is 2.61. The van der Waals surface area contributed by atoms with Gasteiger partial charge in [0.05, 0.1) is 5.92 Å². The molecule has 3 heteroatoms. The molecular formula is C17H27NO2. The van der Waals surface area contributed by atoms with Crippen LogP contribution in [0.4, 0.5) is 0 Å². The monoisotopic (exact) mass is 277 g/mol. The highest BCUT2D eigenvalue weighted by molar-refractivity contribution is 5.69. The van der Waals surface area contributed by atoms with E-state index in [2.05, 4.69) is 49.9 Å². The van der Waals surface area contributed by atoms with E-state index in [0.29, 0.717) is 12.5 Å². The molecule has 0 heterocycles. The van der Waals surface area contributed by atoms with Crippen LogP contribution in [0.5, 0.6) is 0 Å². The largest absolute Gasteiger partial charge is 0.481 e. The van der Waals surface area contributed by atoms with Gasteiger partial charge in [0.1, 0.15) is 0 Å². The molecule has 1 aromatic carbocycles. The Morgan fingerprint density at radius 2 is 1.70 bits per heavy atom. The molecule has 0 saturated carbocycles. The standard InChI is InChI=1S/C17H27NO2/c1-5-18(11-14(4)17(19)20)12-16-8-6-15(7-9-16)10-13(2)3/h6-9,13-14H,5,10-12H2,1-4H3,(H,19,20). The Hall–Kier alpha value is -1.35. The Bertz CT molecular complexity index is 412. The molecule has 0 aliphatic rings. The summed E-state index contributed by atoms with van der Waals surface area (Å²) < 4.78 is 0. The van der Waals surface area contributed by atoms with Crippen LogP contribution in [0, 0.1) is 11.8 Å². The molecule has 1 rings (SSSR count). The predicted octanol–water partition coefficient (Wildman–Crippen LogP) is 3.43. The topological polar surface area (TPSA) is 40.5 Å². The summed E-state index contributed by atoms with van der Waals surface area (Å²) >= 11 is 0. The molecule has 0 radical (unpaired) electrons. The quantitative estimate of drug-likeness (QED) is 0.791. The van der Waals surface area contributed by atoms with Crippen molar-refractivity contribution in [3.05, 3.63) is 35.4 Å². The van der Waals surface area contributed by atoms with Gasteiger partial charge < -0.3 is 5.11 Å². The highest BCUT2D eigenvalue weighted by atomic mass is 16.4. The van der Waals surface area contributed by atoms with Crippen LogP contribution in [0.2, 0.25) is 0 Å². The van der Waals surface area contributed by atoms with Crippen LogP contribution in [0.1, 0.15) is 38.8 Å². The normalized spacial score (nSPS) is 12.9. The maximum absolute atomic E-state index is 10.9. The number of hydrogen-bond acceptors (Lipinski definition) is 2. The van der Waals surface area contributed by atoms with Crippen LogP contribution in [0.3, 0.4) is 0 Å². The summed E-state index contributed by atoms with van der Waals surface area (Å²) in [4.78, 5) is 13.1. The first-order chi connectivity index (χ1) is 9.42. The van der Waals surface area contributed by atoms with Crippen molar-refractivity contribution in [1.29, 1.82) is 0 Å². The van der Waals surface area contributed by atoms with Crippen molar-refractivity contribution in [3.63, 3.8) is 0 Å². The van der Waals surface area contributed by atoms with E-state index in [1.165, 1.54) is 11.1 Å². The summed E-state index contributed by atoms with van der Waals surface area (Å²) in [6.45, 7) is 10.6. The molecule has 0 aliphatic carbocycles. The van der Waals surface area contributed by atoms with Crippen LogP contribution in [0.15, 0.2) is 24.3 Å². The van der Waals surface area contributed by atoms with E-state index >= 15 is 0 Å². The maximum Gasteiger partial charge on any atom is 0.307 e. The van der Waals surface area contributed by atoms with Gasteiger partial charge in [-0.1, -0.05) is 52.0 Å². The van der Waals surface area contributed by atoms with Gasteiger partial charge >= 0.3 is 5.97 Å². The summed E-state index contributed by atoms with van der Waals surface area (Å²) in [5, 5.41) is 8.99. The SMILES string of the molecule is CCN(Cc1ccc(CC(C)C)cc1)CC(C)C(=O)O. The Morgan fingerprint density at radius 3 is 2.15 bits per heavy atom. The van der Waals surface area contributed by atoms with Crippen molar-refractivity contribution in [2.75, 3.05) is 13.1 Å². The third-order valence-electron chi connectivity index (χ3n) is 3.47. The lowest BCUT2D eigenvalue weighted by Crippen LogP contribution is -2.31. The molecule has 0 aliphatic heterocycles. The molecule has 1 unspecified atom stereocenters. The van der Waals surface area contributed by atoms with Gasteiger partial charge in [0.15, 0.2) is 0 Å². The van der Waals surface area contributed by atoms with Gasteiger partial charge in [-0.2, -0.15) is 0 Å². The summed E-state index contributed by atoms with van der Waals surface area (Å²) in [6, 6.07) is 8.69.